The van der Waals surface area contributed by atoms with Crippen molar-refractivity contribution >= 4 is 15.9 Å². The summed E-state index contributed by atoms with van der Waals surface area (Å²) in [7, 11) is 0. The van der Waals surface area contributed by atoms with E-state index in [1.807, 2.05) is 13.8 Å². The third kappa shape index (κ3) is 3.67. The second kappa shape index (κ2) is 6.02. The first-order valence-corrected chi connectivity index (χ1v) is 6.60. The molecule has 0 unspecified atom stereocenters. The minimum atomic E-state index is -0.334. The number of rotatable bonds is 4. The lowest BCUT2D eigenvalue weighted by Crippen LogP contribution is -2.07. The number of hydrogen-bond acceptors (Lipinski definition) is 3. The molecule has 0 saturated heterocycles. The molecular weight excluding hydrogens is 313 g/mol. The van der Waals surface area contributed by atoms with Gasteiger partial charge < -0.3 is 9.47 Å². The molecule has 1 aromatic heterocycles. The molecule has 0 aliphatic carbocycles. The normalized spacial score (nSPS) is 10.6. The van der Waals surface area contributed by atoms with Gasteiger partial charge in [0, 0.05) is 6.20 Å². The molecule has 1 heterocycles. The maximum Gasteiger partial charge on any atom is 0.262 e. The van der Waals surface area contributed by atoms with Crippen molar-refractivity contribution in [1.82, 2.24) is 4.98 Å². The minimum Gasteiger partial charge on any atom is -0.485 e. The lowest BCUT2D eigenvalue weighted by atomic mass is 10.3. The molecule has 5 heteroatoms. The maximum atomic E-state index is 13.0. The molecule has 3 nitrogen and oxygen atoms in total. The molecule has 0 N–H and O–H groups in total. The van der Waals surface area contributed by atoms with E-state index < -0.39 is 0 Å². The Bertz CT molecular complexity index is 575. The van der Waals surface area contributed by atoms with E-state index in [0.29, 0.717) is 21.9 Å². The molecule has 0 aliphatic rings. The van der Waals surface area contributed by atoms with Gasteiger partial charge in [-0.3, -0.25) is 0 Å². The number of hydrogen-bond donors (Lipinski definition) is 0. The Morgan fingerprint density at radius 3 is 2.68 bits per heavy atom. The molecule has 1 aromatic carbocycles. The number of nitrogens with zero attached hydrogens (tertiary/aromatic N) is 1. The van der Waals surface area contributed by atoms with Crippen LogP contribution in [0.2, 0.25) is 0 Å². The summed E-state index contributed by atoms with van der Waals surface area (Å²) in [6.07, 6.45) is 1.63. The number of halogens is 2. The van der Waals surface area contributed by atoms with E-state index in [2.05, 4.69) is 20.9 Å². The van der Waals surface area contributed by atoms with Crippen LogP contribution in [0, 0.1) is 5.82 Å². The summed E-state index contributed by atoms with van der Waals surface area (Å²) in [4.78, 5) is 4.13. The highest BCUT2D eigenvalue weighted by Gasteiger charge is 2.11. The van der Waals surface area contributed by atoms with Crippen molar-refractivity contribution in [1.29, 1.82) is 0 Å². The lowest BCUT2D eigenvalue weighted by Gasteiger charge is -2.14. The van der Waals surface area contributed by atoms with Crippen molar-refractivity contribution in [2.75, 3.05) is 0 Å². The van der Waals surface area contributed by atoms with Crippen molar-refractivity contribution in [2.45, 2.75) is 20.0 Å². The van der Waals surface area contributed by atoms with E-state index in [-0.39, 0.29) is 11.9 Å². The summed E-state index contributed by atoms with van der Waals surface area (Å²) in [5.41, 5.74) is 0. The summed E-state index contributed by atoms with van der Waals surface area (Å²) >= 11 is 3.25. The van der Waals surface area contributed by atoms with Crippen LogP contribution in [0.3, 0.4) is 0 Å². The van der Waals surface area contributed by atoms with E-state index in [0.717, 1.165) is 0 Å². The quantitative estimate of drug-likeness (QED) is 0.825. The molecule has 2 aromatic rings. The number of pyridine rings is 1. The summed E-state index contributed by atoms with van der Waals surface area (Å²) in [6.45, 7) is 3.84. The molecular formula is C14H13BrFNO2. The van der Waals surface area contributed by atoms with Crippen molar-refractivity contribution < 1.29 is 13.9 Å². The maximum absolute atomic E-state index is 13.0. The Hall–Kier alpha value is -1.62. The molecule has 2 rings (SSSR count). The van der Waals surface area contributed by atoms with Crippen LogP contribution in [-0.4, -0.2) is 11.1 Å². The van der Waals surface area contributed by atoms with Crippen LogP contribution in [-0.2, 0) is 0 Å². The Labute approximate surface area is 119 Å². The van der Waals surface area contributed by atoms with Gasteiger partial charge in [0.25, 0.3) is 5.88 Å². The summed E-state index contributed by atoms with van der Waals surface area (Å²) in [5, 5.41) is 0. The fourth-order valence-electron chi connectivity index (χ4n) is 1.46. The van der Waals surface area contributed by atoms with Crippen LogP contribution < -0.4 is 9.47 Å². The smallest absolute Gasteiger partial charge is 0.262 e. The van der Waals surface area contributed by atoms with Gasteiger partial charge in [-0.15, -0.1) is 0 Å². The van der Waals surface area contributed by atoms with E-state index >= 15 is 0 Å². The standard InChI is InChI=1S/C14H13BrFNO2/c1-9(2)18-13-4-3-7-17-14(13)19-12-6-5-10(16)8-11(12)15/h3-9H,1-2H3. The third-order valence-electron chi connectivity index (χ3n) is 2.20. The fourth-order valence-corrected chi connectivity index (χ4v) is 1.89. The average molecular weight is 326 g/mol. The van der Waals surface area contributed by atoms with Gasteiger partial charge in [-0.25, -0.2) is 9.37 Å². The van der Waals surface area contributed by atoms with E-state index in [9.17, 15) is 4.39 Å². The first-order valence-electron chi connectivity index (χ1n) is 5.81. The Balaban J connectivity index is 2.27. The fraction of sp³-hybridized carbons (Fsp3) is 0.214. The van der Waals surface area contributed by atoms with E-state index in [4.69, 9.17) is 9.47 Å². The molecule has 0 aliphatic heterocycles. The molecule has 0 bridgehead atoms. The number of benzene rings is 1. The summed E-state index contributed by atoms with van der Waals surface area (Å²) in [5.74, 6) is 1.05. The van der Waals surface area contributed by atoms with Gasteiger partial charge in [0.1, 0.15) is 11.6 Å². The number of aromatic nitrogens is 1. The number of ether oxygens (including phenoxy) is 2. The second-order valence-electron chi connectivity index (χ2n) is 4.15. The zero-order chi connectivity index (χ0) is 13.8. The van der Waals surface area contributed by atoms with Gasteiger partial charge in [0.05, 0.1) is 10.6 Å². The molecule has 0 saturated carbocycles. The van der Waals surface area contributed by atoms with Crippen molar-refractivity contribution in [3.63, 3.8) is 0 Å². The second-order valence-corrected chi connectivity index (χ2v) is 5.00. The molecule has 0 fully saturated rings. The first-order chi connectivity index (χ1) is 9.06. The van der Waals surface area contributed by atoms with Crippen molar-refractivity contribution in [2.24, 2.45) is 0 Å². The average Bonchev–Trinajstić information content (AvgIpc) is 2.34. The molecule has 19 heavy (non-hydrogen) atoms. The Morgan fingerprint density at radius 1 is 1.21 bits per heavy atom. The monoisotopic (exact) mass is 325 g/mol. The van der Waals surface area contributed by atoms with Crippen LogP contribution in [0.5, 0.6) is 17.4 Å². The van der Waals surface area contributed by atoms with Gasteiger partial charge >= 0.3 is 0 Å². The molecule has 0 atom stereocenters. The third-order valence-corrected chi connectivity index (χ3v) is 2.82. The first kappa shape index (κ1) is 13.8. The van der Waals surface area contributed by atoms with Gasteiger partial charge in [-0.05, 0) is 60.1 Å². The highest BCUT2D eigenvalue weighted by molar-refractivity contribution is 9.10. The summed E-state index contributed by atoms with van der Waals surface area (Å²) in [6, 6.07) is 7.74. The highest BCUT2D eigenvalue weighted by atomic mass is 79.9. The van der Waals surface area contributed by atoms with E-state index in [1.165, 1.54) is 18.2 Å². The molecule has 100 valence electrons. The van der Waals surface area contributed by atoms with Crippen LogP contribution >= 0.6 is 15.9 Å². The molecule has 0 spiro atoms. The van der Waals surface area contributed by atoms with Crippen LogP contribution in [0.1, 0.15) is 13.8 Å². The summed E-state index contributed by atoms with van der Waals surface area (Å²) < 4.78 is 24.8. The predicted molar refractivity (Wildman–Crippen MR) is 74.2 cm³/mol. The van der Waals surface area contributed by atoms with Crippen LogP contribution in [0.4, 0.5) is 4.39 Å². The van der Waals surface area contributed by atoms with Crippen molar-refractivity contribution in [3.8, 4) is 17.4 Å². The SMILES string of the molecule is CC(C)Oc1cccnc1Oc1ccc(F)cc1Br. The van der Waals surface area contributed by atoms with Gasteiger partial charge in [0.2, 0.25) is 0 Å². The van der Waals surface area contributed by atoms with Crippen LogP contribution in [0.25, 0.3) is 0 Å². The topological polar surface area (TPSA) is 31.4 Å². The lowest BCUT2D eigenvalue weighted by molar-refractivity contribution is 0.231. The van der Waals surface area contributed by atoms with Crippen molar-refractivity contribution in [3.05, 3.63) is 46.8 Å². The zero-order valence-corrected chi connectivity index (χ0v) is 12.1. The molecule has 0 amide bonds. The zero-order valence-electron chi connectivity index (χ0n) is 10.6. The Kier molecular flexibility index (Phi) is 4.37. The van der Waals surface area contributed by atoms with Gasteiger partial charge in [-0.2, -0.15) is 0 Å². The predicted octanol–water partition coefficient (Wildman–Crippen LogP) is 4.56. The van der Waals surface area contributed by atoms with Gasteiger partial charge in [-0.1, -0.05) is 0 Å². The largest absolute Gasteiger partial charge is 0.485 e. The van der Waals surface area contributed by atoms with Gasteiger partial charge in [0.15, 0.2) is 5.75 Å². The Morgan fingerprint density at radius 2 is 2.00 bits per heavy atom. The molecule has 0 radical (unpaired) electrons. The van der Waals surface area contributed by atoms with E-state index in [1.54, 1.807) is 18.3 Å². The highest BCUT2D eigenvalue weighted by Crippen LogP contribution is 2.34. The minimum absolute atomic E-state index is 0.0169. The van der Waals surface area contributed by atoms with Crippen LogP contribution in [0.15, 0.2) is 41.0 Å².